The Kier molecular flexibility index (Phi) is 1.14. The first-order valence-electron chi connectivity index (χ1n) is 4.02. The van der Waals surface area contributed by atoms with Gasteiger partial charge in [0, 0.05) is 6.04 Å². The summed E-state index contributed by atoms with van der Waals surface area (Å²) in [4.78, 5) is 0. The van der Waals surface area contributed by atoms with Gasteiger partial charge in [0.15, 0.2) is 6.19 Å². The molecule has 0 aromatic heterocycles. The zero-order valence-electron chi connectivity index (χ0n) is 6.06. The topological polar surface area (TPSA) is 35.8 Å². The zero-order valence-corrected chi connectivity index (χ0v) is 6.06. The van der Waals surface area contributed by atoms with Crippen molar-refractivity contribution < 1.29 is 0 Å². The molecule has 1 unspecified atom stereocenters. The third-order valence-electron chi connectivity index (χ3n) is 3.03. The maximum atomic E-state index is 8.36. The van der Waals surface area contributed by atoms with E-state index < -0.39 is 0 Å². The monoisotopic (exact) mass is 136 g/mol. The molecule has 2 aliphatic carbocycles. The molecule has 0 radical (unpaired) electrons. The van der Waals surface area contributed by atoms with Crippen LogP contribution >= 0.6 is 0 Å². The van der Waals surface area contributed by atoms with E-state index in [-0.39, 0.29) is 0 Å². The van der Waals surface area contributed by atoms with Crippen molar-refractivity contribution in [2.24, 2.45) is 5.41 Å². The van der Waals surface area contributed by atoms with Crippen LogP contribution in [0.5, 0.6) is 0 Å². The summed E-state index contributed by atoms with van der Waals surface area (Å²) in [7, 11) is 0. The number of rotatable bonds is 1. The van der Waals surface area contributed by atoms with E-state index in [0.29, 0.717) is 11.5 Å². The maximum absolute atomic E-state index is 8.36. The fraction of sp³-hybridized carbons (Fsp3) is 0.875. The summed E-state index contributed by atoms with van der Waals surface area (Å²) < 4.78 is 0. The van der Waals surface area contributed by atoms with Crippen molar-refractivity contribution in [1.82, 2.24) is 5.32 Å². The third kappa shape index (κ3) is 0.701. The first kappa shape index (κ1) is 6.03. The quantitative estimate of drug-likeness (QED) is 0.436. The second kappa shape index (κ2) is 1.88. The van der Waals surface area contributed by atoms with Gasteiger partial charge in [0.25, 0.3) is 0 Å². The number of hydrogen-bond donors (Lipinski definition) is 1. The first-order chi connectivity index (χ1) is 4.87. The Morgan fingerprint density at radius 2 is 2.10 bits per heavy atom. The first-order valence-corrected chi connectivity index (χ1v) is 4.02. The average Bonchev–Trinajstić information content (AvgIpc) is 2.43. The van der Waals surface area contributed by atoms with E-state index in [1.807, 2.05) is 6.19 Å². The molecule has 2 nitrogen and oxygen atoms in total. The summed E-state index contributed by atoms with van der Waals surface area (Å²) in [5.74, 6) is 0. The molecular formula is C8H12N2. The SMILES string of the molecule is N#CNC1CC12CCCC2. The fourth-order valence-corrected chi connectivity index (χ4v) is 2.26. The molecule has 0 aliphatic heterocycles. The Hall–Kier alpha value is -0.710. The van der Waals surface area contributed by atoms with Gasteiger partial charge in [-0.1, -0.05) is 12.8 Å². The molecule has 2 heteroatoms. The molecule has 0 aromatic rings. The predicted molar refractivity (Wildman–Crippen MR) is 38.1 cm³/mol. The van der Waals surface area contributed by atoms with Crippen LogP contribution in [0.15, 0.2) is 0 Å². The van der Waals surface area contributed by atoms with Gasteiger partial charge in [0.2, 0.25) is 0 Å². The lowest BCUT2D eigenvalue weighted by Gasteiger charge is -2.04. The molecule has 1 N–H and O–H groups in total. The molecule has 0 heterocycles. The van der Waals surface area contributed by atoms with Crippen molar-refractivity contribution >= 4 is 0 Å². The Labute approximate surface area is 61.2 Å². The number of nitriles is 1. The fourth-order valence-electron chi connectivity index (χ4n) is 2.26. The van der Waals surface area contributed by atoms with Crippen LogP contribution in [0.3, 0.4) is 0 Å². The van der Waals surface area contributed by atoms with Crippen molar-refractivity contribution in [2.45, 2.75) is 38.1 Å². The summed E-state index contributed by atoms with van der Waals surface area (Å²) >= 11 is 0. The molecule has 10 heavy (non-hydrogen) atoms. The van der Waals surface area contributed by atoms with Gasteiger partial charge in [-0.3, -0.25) is 0 Å². The van der Waals surface area contributed by atoms with E-state index >= 15 is 0 Å². The Balaban J connectivity index is 1.93. The average molecular weight is 136 g/mol. The van der Waals surface area contributed by atoms with Gasteiger partial charge in [0.05, 0.1) is 0 Å². The molecule has 1 atom stereocenters. The van der Waals surface area contributed by atoms with Crippen LogP contribution in [0.4, 0.5) is 0 Å². The van der Waals surface area contributed by atoms with Gasteiger partial charge in [0.1, 0.15) is 0 Å². The van der Waals surface area contributed by atoms with E-state index in [4.69, 9.17) is 5.26 Å². The van der Waals surface area contributed by atoms with E-state index in [2.05, 4.69) is 5.32 Å². The van der Waals surface area contributed by atoms with Crippen LogP contribution in [-0.4, -0.2) is 6.04 Å². The molecule has 2 rings (SSSR count). The van der Waals surface area contributed by atoms with Crippen molar-refractivity contribution in [2.75, 3.05) is 0 Å². The van der Waals surface area contributed by atoms with Crippen LogP contribution in [-0.2, 0) is 0 Å². The number of nitrogens with zero attached hydrogens (tertiary/aromatic N) is 1. The molecule has 0 saturated heterocycles. The summed E-state index contributed by atoms with van der Waals surface area (Å²) in [5, 5.41) is 11.2. The lowest BCUT2D eigenvalue weighted by atomic mass is 10.1. The summed E-state index contributed by atoms with van der Waals surface area (Å²) in [6, 6.07) is 0.542. The Bertz CT molecular complexity index is 174. The molecule has 0 bridgehead atoms. The largest absolute Gasteiger partial charge is 0.320 e. The Morgan fingerprint density at radius 3 is 2.70 bits per heavy atom. The highest BCUT2D eigenvalue weighted by molar-refractivity contribution is 5.11. The standard InChI is InChI=1S/C8H12N2/c9-6-10-7-5-8(7)3-1-2-4-8/h7,10H,1-5H2. The van der Waals surface area contributed by atoms with Crippen LogP contribution in [0, 0.1) is 16.9 Å². The normalized spacial score (nSPS) is 33.7. The molecule has 0 aromatic carbocycles. The molecule has 2 saturated carbocycles. The van der Waals surface area contributed by atoms with Crippen LogP contribution in [0.2, 0.25) is 0 Å². The Morgan fingerprint density at radius 1 is 1.40 bits per heavy atom. The number of hydrogen-bond acceptors (Lipinski definition) is 2. The predicted octanol–water partition coefficient (Wildman–Crippen LogP) is 1.39. The highest BCUT2D eigenvalue weighted by Gasteiger charge is 2.55. The minimum absolute atomic E-state index is 0.542. The minimum atomic E-state index is 0.542. The van der Waals surface area contributed by atoms with Crippen molar-refractivity contribution in [1.29, 1.82) is 5.26 Å². The number of nitrogens with one attached hydrogen (secondary N) is 1. The van der Waals surface area contributed by atoms with Crippen LogP contribution in [0.25, 0.3) is 0 Å². The molecule has 2 aliphatic rings. The van der Waals surface area contributed by atoms with Gasteiger partial charge >= 0.3 is 0 Å². The maximum Gasteiger partial charge on any atom is 0.176 e. The van der Waals surface area contributed by atoms with E-state index in [1.165, 1.54) is 32.1 Å². The second-order valence-electron chi connectivity index (χ2n) is 3.58. The summed E-state index contributed by atoms with van der Waals surface area (Å²) in [6.45, 7) is 0. The highest BCUT2D eigenvalue weighted by atomic mass is 15.0. The molecule has 1 spiro atoms. The molecule has 54 valence electrons. The van der Waals surface area contributed by atoms with E-state index in [1.54, 1.807) is 0 Å². The van der Waals surface area contributed by atoms with Crippen LogP contribution in [0.1, 0.15) is 32.1 Å². The van der Waals surface area contributed by atoms with Gasteiger partial charge < -0.3 is 5.32 Å². The van der Waals surface area contributed by atoms with E-state index in [9.17, 15) is 0 Å². The summed E-state index contributed by atoms with van der Waals surface area (Å²) in [5.41, 5.74) is 0.579. The highest BCUT2D eigenvalue weighted by Crippen LogP contribution is 2.57. The lowest BCUT2D eigenvalue weighted by molar-refractivity contribution is 0.494. The van der Waals surface area contributed by atoms with Gasteiger partial charge in [-0.2, -0.15) is 5.26 Å². The van der Waals surface area contributed by atoms with Gasteiger partial charge in [-0.05, 0) is 24.7 Å². The molecular weight excluding hydrogens is 124 g/mol. The lowest BCUT2D eigenvalue weighted by Crippen LogP contribution is -2.15. The molecule has 0 amide bonds. The minimum Gasteiger partial charge on any atom is -0.320 e. The smallest absolute Gasteiger partial charge is 0.176 e. The van der Waals surface area contributed by atoms with Crippen molar-refractivity contribution in [3.63, 3.8) is 0 Å². The molecule has 2 fully saturated rings. The van der Waals surface area contributed by atoms with Gasteiger partial charge in [-0.15, -0.1) is 0 Å². The van der Waals surface area contributed by atoms with E-state index in [0.717, 1.165) is 0 Å². The third-order valence-corrected chi connectivity index (χ3v) is 3.03. The van der Waals surface area contributed by atoms with Gasteiger partial charge in [-0.25, -0.2) is 0 Å². The van der Waals surface area contributed by atoms with Crippen molar-refractivity contribution in [3.8, 4) is 6.19 Å². The zero-order chi connectivity index (χ0) is 7.03. The van der Waals surface area contributed by atoms with Crippen molar-refractivity contribution in [3.05, 3.63) is 0 Å². The summed E-state index contributed by atoms with van der Waals surface area (Å²) in [6.07, 6.45) is 8.75. The van der Waals surface area contributed by atoms with Crippen LogP contribution < -0.4 is 5.32 Å². The second-order valence-corrected chi connectivity index (χ2v) is 3.58.